The zero-order valence-corrected chi connectivity index (χ0v) is 12.6. The maximum atomic E-state index is 10.8. The fourth-order valence-electron chi connectivity index (χ4n) is 1.83. The highest BCUT2D eigenvalue weighted by atomic mass is 32.1. The molecule has 0 radical (unpaired) electrons. The van der Waals surface area contributed by atoms with Crippen molar-refractivity contribution in [2.24, 2.45) is 0 Å². The Morgan fingerprint density at radius 3 is 3.05 bits per heavy atom. The molecule has 0 bridgehead atoms. The van der Waals surface area contributed by atoms with Crippen LogP contribution in [0, 0.1) is 10.1 Å². The highest BCUT2D eigenvalue weighted by Gasteiger charge is 2.09. The Balaban J connectivity index is 1.96. The lowest BCUT2D eigenvalue weighted by molar-refractivity contribution is -0.384. The number of methoxy groups -OCH3 is 1. The second kappa shape index (κ2) is 7.82. The second-order valence-corrected chi connectivity index (χ2v) is 5.37. The van der Waals surface area contributed by atoms with Gasteiger partial charge in [0.1, 0.15) is 0 Å². The summed E-state index contributed by atoms with van der Waals surface area (Å²) in [5.74, 6) is 0. The molecule has 1 aromatic carbocycles. The quantitative estimate of drug-likeness (QED) is 0.460. The Kier molecular flexibility index (Phi) is 5.79. The third-order valence-corrected chi connectivity index (χ3v) is 3.81. The Labute approximate surface area is 126 Å². The van der Waals surface area contributed by atoms with E-state index in [1.165, 1.54) is 6.07 Å². The van der Waals surface area contributed by atoms with Crippen molar-refractivity contribution in [3.63, 3.8) is 0 Å². The number of ether oxygens (including phenoxy) is 1. The van der Waals surface area contributed by atoms with Crippen LogP contribution in [0.2, 0.25) is 0 Å². The first-order chi connectivity index (χ1) is 10.2. The average molecular weight is 307 g/mol. The first-order valence-electron chi connectivity index (χ1n) is 6.59. The number of rotatable bonds is 8. The lowest BCUT2D eigenvalue weighted by atomic mass is 10.1. The molecule has 0 aliphatic heterocycles. The number of aromatic nitrogens is 1. The summed E-state index contributed by atoms with van der Waals surface area (Å²) in [5.41, 5.74) is 1.65. The van der Waals surface area contributed by atoms with Gasteiger partial charge in [0, 0.05) is 49.7 Å². The molecule has 0 fully saturated rings. The van der Waals surface area contributed by atoms with Gasteiger partial charge in [0.05, 0.1) is 22.2 Å². The van der Waals surface area contributed by atoms with E-state index in [1.54, 1.807) is 30.6 Å². The van der Waals surface area contributed by atoms with Gasteiger partial charge in [0.25, 0.3) is 5.69 Å². The van der Waals surface area contributed by atoms with Crippen LogP contribution in [0.15, 0.2) is 29.6 Å². The molecule has 0 unspecified atom stereocenters. The molecule has 1 heterocycles. The summed E-state index contributed by atoms with van der Waals surface area (Å²) in [6.07, 6.45) is 0.837. The highest BCUT2D eigenvalue weighted by Crippen LogP contribution is 2.25. The van der Waals surface area contributed by atoms with Crippen LogP contribution in [-0.4, -0.2) is 36.7 Å². The third-order valence-electron chi connectivity index (χ3n) is 2.90. The maximum Gasteiger partial charge on any atom is 0.270 e. The van der Waals surface area contributed by atoms with E-state index in [0.29, 0.717) is 6.61 Å². The SMILES string of the molecule is COCCNCCc1nc(-c2cccc([N+](=O)[O-])c2)cs1. The third kappa shape index (κ3) is 4.59. The molecule has 0 aliphatic carbocycles. The van der Waals surface area contributed by atoms with Gasteiger partial charge in [-0.15, -0.1) is 11.3 Å². The topological polar surface area (TPSA) is 77.3 Å². The largest absolute Gasteiger partial charge is 0.383 e. The van der Waals surface area contributed by atoms with Crippen LogP contribution in [0.3, 0.4) is 0 Å². The van der Waals surface area contributed by atoms with Gasteiger partial charge in [-0.3, -0.25) is 10.1 Å². The van der Waals surface area contributed by atoms with E-state index >= 15 is 0 Å². The van der Waals surface area contributed by atoms with Gasteiger partial charge in [-0.25, -0.2) is 4.98 Å². The van der Waals surface area contributed by atoms with E-state index in [-0.39, 0.29) is 5.69 Å². The van der Waals surface area contributed by atoms with Crippen molar-refractivity contribution < 1.29 is 9.66 Å². The predicted octanol–water partition coefficient (Wildman–Crippen LogP) is 2.50. The van der Waals surface area contributed by atoms with Crippen molar-refractivity contribution in [3.05, 3.63) is 44.8 Å². The number of benzene rings is 1. The van der Waals surface area contributed by atoms with Crippen molar-refractivity contribution >= 4 is 17.0 Å². The molecule has 112 valence electrons. The van der Waals surface area contributed by atoms with Gasteiger partial charge in [0.15, 0.2) is 0 Å². The lowest BCUT2D eigenvalue weighted by Crippen LogP contribution is -2.21. The molecule has 1 N–H and O–H groups in total. The number of nitrogens with one attached hydrogen (secondary N) is 1. The molecule has 0 aliphatic rings. The first-order valence-corrected chi connectivity index (χ1v) is 7.47. The molecule has 1 aromatic heterocycles. The molecule has 0 atom stereocenters. The van der Waals surface area contributed by atoms with Gasteiger partial charge in [0.2, 0.25) is 0 Å². The predicted molar refractivity (Wildman–Crippen MR) is 82.7 cm³/mol. The van der Waals surface area contributed by atoms with Gasteiger partial charge in [-0.1, -0.05) is 12.1 Å². The fraction of sp³-hybridized carbons (Fsp3) is 0.357. The van der Waals surface area contributed by atoms with Crippen LogP contribution < -0.4 is 5.32 Å². The number of hydrogen-bond acceptors (Lipinski definition) is 6. The number of hydrogen-bond donors (Lipinski definition) is 1. The van der Waals surface area contributed by atoms with Crippen LogP contribution in [0.4, 0.5) is 5.69 Å². The van der Waals surface area contributed by atoms with Crippen molar-refractivity contribution in [1.82, 2.24) is 10.3 Å². The monoisotopic (exact) mass is 307 g/mol. The summed E-state index contributed by atoms with van der Waals surface area (Å²) in [4.78, 5) is 14.9. The van der Waals surface area contributed by atoms with E-state index in [9.17, 15) is 10.1 Å². The van der Waals surface area contributed by atoms with Crippen LogP contribution >= 0.6 is 11.3 Å². The van der Waals surface area contributed by atoms with Crippen LogP contribution in [-0.2, 0) is 11.2 Å². The summed E-state index contributed by atoms with van der Waals surface area (Å²) >= 11 is 1.57. The fourth-order valence-corrected chi connectivity index (χ4v) is 2.64. The van der Waals surface area contributed by atoms with Gasteiger partial charge >= 0.3 is 0 Å². The summed E-state index contributed by atoms with van der Waals surface area (Å²) in [5, 5.41) is 17.0. The number of non-ortho nitro benzene ring substituents is 1. The minimum atomic E-state index is -0.392. The molecule has 0 saturated heterocycles. The van der Waals surface area contributed by atoms with Crippen molar-refractivity contribution in [2.75, 3.05) is 26.8 Å². The number of thiazole rings is 1. The highest BCUT2D eigenvalue weighted by molar-refractivity contribution is 7.09. The van der Waals surface area contributed by atoms with E-state index < -0.39 is 4.92 Å². The Bertz CT molecular complexity index is 601. The summed E-state index contributed by atoms with van der Waals surface area (Å²) in [6, 6.07) is 6.55. The number of nitro benzene ring substituents is 1. The van der Waals surface area contributed by atoms with Gasteiger partial charge < -0.3 is 10.1 Å². The minimum absolute atomic E-state index is 0.0864. The molecular weight excluding hydrogens is 290 g/mol. The Morgan fingerprint density at radius 2 is 2.29 bits per heavy atom. The van der Waals surface area contributed by atoms with E-state index in [2.05, 4.69) is 10.3 Å². The number of nitrogens with zero attached hydrogens (tertiary/aromatic N) is 2. The summed E-state index contributed by atoms with van der Waals surface area (Å²) in [7, 11) is 1.67. The summed E-state index contributed by atoms with van der Waals surface area (Å²) < 4.78 is 4.96. The van der Waals surface area contributed by atoms with Crippen molar-refractivity contribution in [2.45, 2.75) is 6.42 Å². The standard InChI is InChI=1S/C14H17N3O3S/c1-20-8-7-15-6-5-14-16-13(10-21-14)11-3-2-4-12(9-11)17(18)19/h2-4,9-10,15H,5-8H2,1H3. The lowest BCUT2D eigenvalue weighted by Gasteiger charge is -2.01. The average Bonchev–Trinajstić information content (AvgIpc) is 2.96. The van der Waals surface area contributed by atoms with Gasteiger partial charge in [-0.05, 0) is 0 Å². The van der Waals surface area contributed by atoms with E-state index in [4.69, 9.17) is 4.74 Å². The minimum Gasteiger partial charge on any atom is -0.383 e. The maximum absolute atomic E-state index is 10.8. The zero-order valence-electron chi connectivity index (χ0n) is 11.7. The first kappa shape index (κ1) is 15.6. The second-order valence-electron chi connectivity index (χ2n) is 4.43. The molecule has 6 nitrogen and oxygen atoms in total. The normalized spacial score (nSPS) is 10.7. The molecular formula is C14H17N3O3S. The molecule has 7 heteroatoms. The van der Waals surface area contributed by atoms with Crippen LogP contribution in [0.5, 0.6) is 0 Å². The Morgan fingerprint density at radius 1 is 1.43 bits per heavy atom. The van der Waals surface area contributed by atoms with Gasteiger partial charge in [-0.2, -0.15) is 0 Å². The van der Waals surface area contributed by atoms with E-state index in [0.717, 1.165) is 35.8 Å². The molecule has 0 amide bonds. The zero-order chi connectivity index (χ0) is 15.1. The van der Waals surface area contributed by atoms with Crippen LogP contribution in [0.1, 0.15) is 5.01 Å². The molecule has 0 spiro atoms. The number of nitro groups is 1. The molecule has 0 saturated carbocycles. The molecule has 2 aromatic rings. The van der Waals surface area contributed by atoms with Crippen molar-refractivity contribution in [3.8, 4) is 11.3 Å². The van der Waals surface area contributed by atoms with E-state index in [1.807, 2.05) is 11.4 Å². The smallest absolute Gasteiger partial charge is 0.270 e. The molecule has 21 heavy (non-hydrogen) atoms. The molecule has 2 rings (SSSR count). The van der Waals surface area contributed by atoms with Crippen LogP contribution in [0.25, 0.3) is 11.3 Å². The van der Waals surface area contributed by atoms with Crippen molar-refractivity contribution in [1.29, 1.82) is 0 Å². The Hall–Kier alpha value is -1.83. The summed E-state index contributed by atoms with van der Waals surface area (Å²) in [6.45, 7) is 2.35.